The maximum atomic E-state index is 13.6. The van der Waals surface area contributed by atoms with Crippen LogP contribution < -0.4 is 5.73 Å². The number of aryl methyl sites for hydroxylation is 1. The van der Waals surface area contributed by atoms with Crippen molar-refractivity contribution in [3.63, 3.8) is 0 Å². The molecule has 7 nitrogen and oxygen atoms in total. The molecule has 10 heteroatoms. The molecular formula is C25H21F3N6O. The molecule has 3 aromatic heterocycles. The van der Waals surface area contributed by atoms with Crippen LogP contribution in [0.5, 0.6) is 0 Å². The van der Waals surface area contributed by atoms with Gasteiger partial charge in [-0.05, 0) is 66.8 Å². The zero-order valence-corrected chi connectivity index (χ0v) is 18.6. The number of carbonyl (C=O) groups is 1. The van der Waals surface area contributed by atoms with Gasteiger partial charge in [-0.3, -0.25) is 9.78 Å². The molecule has 35 heavy (non-hydrogen) atoms. The summed E-state index contributed by atoms with van der Waals surface area (Å²) in [7, 11) is 0. The van der Waals surface area contributed by atoms with Crippen LogP contribution in [0.1, 0.15) is 45.0 Å². The molecule has 0 bridgehead atoms. The molecule has 0 atom stereocenters. The van der Waals surface area contributed by atoms with Crippen LogP contribution in [0.3, 0.4) is 0 Å². The summed E-state index contributed by atoms with van der Waals surface area (Å²) < 4.78 is 38.8. The molecule has 0 radical (unpaired) electrons. The van der Waals surface area contributed by atoms with Gasteiger partial charge in [0.05, 0.1) is 29.9 Å². The molecule has 1 aliphatic carbocycles. The van der Waals surface area contributed by atoms with E-state index in [0.717, 1.165) is 53.6 Å². The number of rotatable bonds is 5. The van der Waals surface area contributed by atoms with E-state index in [1.165, 1.54) is 11.0 Å². The second kappa shape index (κ2) is 8.94. The van der Waals surface area contributed by atoms with Gasteiger partial charge in [0.1, 0.15) is 11.6 Å². The van der Waals surface area contributed by atoms with Crippen LogP contribution in [0, 0.1) is 0 Å². The molecule has 1 aromatic carbocycles. The Kier molecular flexibility index (Phi) is 5.80. The molecule has 0 unspecified atom stereocenters. The van der Waals surface area contributed by atoms with Crippen LogP contribution in [-0.2, 0) is 32.1 Å². The topological polar surface area (TPSA) is 97.9 Å². The lowest BCUT2D eigenvalue weighted by molar-refractivity contribution is -0.137. The van der Waals surface area contributed by atoms with Gasteiger partial charge in [0, 0.05) is 29.5 Å². The number of aromatic nitrogens is 4. The normalized spacial score (nSPS) is 13.1. The first-order valence-corrected chi connectivity index (χ1v) is 11.1. The predicted molar refractivity (Wildman–Crippen MR) is 123 cm³/mol. The fourth-order valence-corrected chi connectivity index (χ4v) is 4.37. The lowest BCUT2D eigenvalue weighted by atomic mass is 10.0. The van der Waals surface area contributed by atoms with Gasteiger partial charge in [-0.1, -0.05) is 0 Å². The van der Waals surface area contributed by atoms with Crippen LogP contribution in [0.25, 0.3) is 10.9 Å². The highest BCUT2D eigenvalue weighted by atomic mass is 19.4. The summed E-state index contributed by atoms with van der Waals surface area (Å²) in [5.74, 6) is 0.619. The first-order valence-electron chi connectivity index (χ1n) is 11.1. The minimum absolute atomic E-state index is 0.00857. The van der Waals surface area contributed by atoms with E-state index in [-0.39, 0.29) is 19.0 Å². The van der Waals surface area contributed by atoms with Crippen LogP contribution in [0.4, 0.5) is 19.0 Å². The molecule has 178 valence electrons. The Labute approximate surface area is 198 Å². The van der Waals surface area contributed by atoms with Gasteiger partial charge in [-0.2, -0.15) is 13.2 Å². The average Bonchev–Trinajstić information content (AvgIpc) is 3.35. The number of amides is 1. The summed E-state index contributed by atoms with van der Waals surface area (Å²) >= 11 is 0. The predicted octanol–water partition coefficient (Wildman–Crippen LogP) is 4.35. The summed E-state index contributed by atoms with van der Waals surface area (Å²) in [5.41, 5.74) is 8.89. The number of halogens is 3. The number of hydrogen-bond donors (Lipinski definition) is 1. The minimum atomic E-state index is -4.48. The highest BCUT2D eigenvalue weighted by Crippen LogP contribution is 2.33. The maximum absolute atomic E-state index is 13.6. The third-order valence-electron chi connectivity index (χ3n) is 6.08. The van der Waals surface area contributed by atoms with Crippen molar-refractivity contribution >= 4 is 22.6 Å². The van der Waals surface area contributed by atoms with Gasteiger partial charge in [-0.25, -0.2) is 15.0 Å². The van der Waals surface area contributed by atoms with Gasteiger partial charge < -0.3 is 10.6 Å². The van der Waals surface area contributed by atoms with Crippen molar-refractivity contribution in [2.24, 2.45) is 0 Å². The van der Waals surface area contributed by atoms with Gasteiger partial charge >= 0.3 is 6.18 Å². The summed E-state index contributed by atoms with van der Waals surface area (Å²) in [6.45, 7) is 0.0594. The molecule has 5 rings (SSSR count). The number of benzene rings is 1. The molecule has 0 spiro atoms. The van der Waals surface area contributed by atoms with Crippen molar-refractivity contribution in [1.82, 2.24) is 24.8 Å². The monoisotopic (exact) mass is 478 g/mol. The number of carbonyl (C=O) groups excluding carboxylic acids is 1. The number of alkyl halides is 3. The summed E-state index contributed by atoms with van der Waals surface area (Å²) in [6, 6.07) is 9.15. The van der Waals surface area contributed by atoms with E-state index in [4.69, 9.17) is 5.73 Å². The van der Waals surface area contributed by atoms with E-state index in [0.29, 0.717) is 22.9 Å². The lowest BCUT2D eigenvalue weighted by Crippen LogP contribution is -2.31. The van der Waals surface area contributed by atoms with Crippen molar-refractivity contribution < 1.29 is 18.0 Å². The highest BCUT2D eigenvalue weighted by molar-refractivity contribution is 5.99. The molecule has 2 N–H and O–H groups in total. The zero-order chi connectivity index (χ0) is 24.6. The number of hydrogen-bond acceptors (Lipinski definition) is 6. The Morgan fingerprint density at radius 1 is 1.00 bits per heavy atom. The smallest absolute Gasteiger partial charge is 0.383 e. The second-order valence-corrected chi connectivity index (χ2v) is 8.40. The Hall–Kier alpha value is -4.08. The van der Waals surface area contributed by atoms with Crippen molar-refractivity contribution in [3.8, 4) is 0 Å². The van der Waals surface area contributed by atoms with Crippen molar-refractivity contribution in [1.29, 1.82) is 0 Å². The summed E-state index contributed by atoms with van der Waals surface area (Å²) in [5, 5.41) is 0.890. The lowest BCUT2D eigenvalue weighted by Gasteiger charge is -2.22. The Morgan fingerprint density at radius 3 is 2.49 bits per heavy atom. The first kappa shape index (κ1) is 22.7. The molecule has 0 aliphatic heterocycles. The number of pyridine rings is 2. The summed E-state index contributed by atoms with van der Waals surface area (Å²) in [4.78, 5) is 31.9. The third kappa shape index (κ3) is 4.64. The summed E-state index contributed by atoms with van der Waals surface area (Å²) in [6.07, 6.45) is 2.13. The van der Waals surface area contributed by atoms with E-state index in [2.05, 4.69) is 19.9 Å². The van der Waals surface area contributed by atoms with E-state index in [1.54, 1.807) is 30.6 Å². The quantitative estimate of drug-likeness (QED) is 0.458. The largest absolute Gasteiger partial charge is 0.417 e. The molecule has 0 saturated carbocycles. The third-order valence-corrected chi connectivity index (χ3v) is 6.08. The van der Waals surface area contributed by atoms with Crippen molar-refractivity contribution in [3.05, 3.63) is 88.8 Å². The Bertz CT molecular complexity index is 1390. The fraction of sp³-hybridized carbons (Fsp3) is 0.240. The van der Waals surface area contributed by atoms with Crippen molar-refractivity contribution in [2.75, 3.05) is 5.73 Å². The number of anilines is 1. The number of fused-ring (bicyclic) bond motifs is 3. The van der Waals surface area contributed by atoms with Gasteiger partial charge in [0.2, 0.25) is 0 Å². The zero-order valence-electron chi connectivity index (χ0n) is 18.6. The van der Waals surface area contributed by atoms with E-state index < -0.39 is 11.7 Å². The van der Waals surface area contributed by atoms with Crippen LogP contribution in [-0.4, -0.2) is 30.7 Å². The van der Waals surface area contributed by atoms with E-state index in [1.807, 2.05) is 6.07 Å². The molecule has 1 aliphatic rings. The van der Waals surface area contributed by atoms with Crippen molar-refractivity contribution in [2.45, 2.75) is 38.5 Å². The Morgan fingerprint density at radius 2 is 1.77 bits per heavy atom. The van der Waals surface area contributed by atoms with Crippen LogP contribution >= 0.6 is 0 Å². The van der Waals surface area contributed by atoms with Gasteiger partial charge in [0.25, 0.3) is 5.91 Å². The maximum Gasteiger partial charge on any atom is 0.417 e. The average molecular weight is 478 g/mol. The molecule has 3 heterocycles. The Balaban J connectivity index is 1.49. The standard InChI is InChI=1S/C25H21F3N6O/c26-25(27,28)16-6-7-17(32-12-16)13-34(14-22-30-9-2-10-31-22)24(35)15-5-8-21-20(11-15)18-3-1-4-19(18)23(29)33-21/h2,5-12H,1,3-4,13-14H2,(H2,29,33). The molecule has 0 saturated heterocycles. The minimum Gasteiger partial charge on any atom is -0.383 e. The van der Waals surface area contributed by atoms with Crippen LogP contribution in [0.2, 0.25) is 0 Å². The number of nitrogens with two attached hydrogens (primary N) is 1. The molecule has 1 amide bonds. The first-order chi connectivity index (χ1) is 16.8. The SMILES string of the molecule is Nc1nc2ccc(C(=O)N(Cc3ccc(C(F)(F)F)cn3)Cc3ncccn3)cc2c2c1CCC2. The van der Waals surface area contributed by atoms with Gasteiger partial charge in [0.15, 0.2) is 0 Å². The molecule has 0 fully saturated rings. The van der Waals surface area contributed by atoms with Gasteiger partial charge in [-0.15, -0.1) is 0 Å². The fourth-order valence-electron chi connectivity index (χ4n) is 4.37. The van der Waals surface area contributed by atoms with E-state index >= 15 is 0 Å². The number of nitrogens with zero attached hydrogens (tertiary/aromatic N) is 5. The molecular weight excluding hydrogens is 457 g/mol. The number of nitrogen functional groups attached to an aromatic ring is 1. The molecule has 4 aromatic rings. The van der Waals surface area contributed by atoms with E-state index in [9.17, 15) is 18.0 Å². The van der Waals surface area contributed by atoms with Crippen LogP contribution in [0.15, 0.2) is 55.0 Å². The highest BCUT2D eigenvalue weighted by Gasteiger charge is 2.31. The second-order valence-electron chi connectivity index (χ2n) is 8.40.